The Balaban J connectivity index is 1.49. The first-order chi connectivity index (χ1) is 8.74. The van der Waals surface area contributed by atoms with E-state index in [1.165, 1.54) is 0 Å². The molecule has 18 heavy (non-hydrogen) atoms. The number of hydrogen-bond acceptors (Lipinski definition) is 2. The molecule has 3 heteroatoms. The summed E-state index contributed by atoms with van der Waals surface area (Å²) in [5, 5.41) is 3.26. The molecule has 0 heterocycles. The minimum Gasteiger partial charge on any atom is -0.353 e. The molecule has 1 unspecified atom stereocenters. The second kappa shape index (κ2) is 5.04. The summed E-state index contributed by atoms with van der Waals surface area (Å²) in [5.41, 5.74) is 5.99. The molecule has 0 radical (unpaired) electrons. The molecule has 3 aliphatic carbocycles. The average molecular weight is 248 g/mol. The second-order valence-corrected chi connectivity index (χ2v) is 6.32. The number of amides is 1. The Morgan fingerprint density at radius 2 is 1.83 bits per heavy atom. The van der Waals surface area contributed by atoms with Crippen molar-refractivity contribution in [1.82, 2.24) is 5.32 Å². The minimum absolute atomic E-state index is 0.241. The Kier molecular flexibility index (Phi) is 3.42. The van der Waals surface area contributed by atoms with Crippen molar-refractivity contribution in [3.05, 3.63) is 12.2 Å². The van der Waals surface area contributed by atoms with Gasteiger partial charge in [0.15, 0.2) is 0 Å². The molecule has 0 aliphatic heterocycles. The van der Waals surface area contributed by atoms with E-state index in [9.17, 15) is 4.79 Å². The van der Waals surface area contributed by atoms with Gasteiger partial charge >= 0.3 is 0 Å². The predicted octanol–water partition coefficient (Wildman–Crippen LogP) is 1.97. The van der Waals surface area contributed by atoms with Crippen molar-refractivity contribution in [3.8, 4) is 0 Å². The highest BCUT2D eigenvalue weighted by Crippen LogP contribution is 2.48. The maximum Gasteiger partial charge on any atom is 0.223 e. The summed E-state index contributed by atoms with van der Waals surface area (Å²) < 4.78 is 0. The highest BCUT2D eigenvalue weighted by Gasteiger charge is 2.47. The molecule has 2 saturated carbocycles. The van der Waals surface area contributed by atoms with E-state index in [1.54, 1.807) is 0 Å². The monoisotopic (exact) mass is 248 g/mol. The van der Waals surface area contributed by atoms with Gasteiger partial charge in [-0.25, -0.2) is 0 Å². The van der Waals surface area contributed by atoms with E-state index in [0.29, 0.717) is 23.9 Å². The van der Waals surface area contributed by atoms with Crippen molar-refractivity contribution >= 4 is 5.91 Å². The van der Waals surface area contributed by atoms with Crippen LogP contribution in [0.3, 0.4) is 0 Å². The quantitative estimate of drug-likeness (QED) is 0.734. The highest BCUT2D eigenvalue weighted by molar-refractivity contribution is 5.79. The zero-order valence-corrected chi connectivity index (χ0v) is 11.0. The van der Waals surface area contributed by atoms with E-state index >= 15 is 0 Å². The van der Waals surface area contributed by atoms with E-state index in [-0.39, 0.29) is 5.92 Å². The molecule has 0 saturated heterocycles. The van der Waals surface area contributed by atoms with Gasteiger partial charge in [-0.2, -0.15) is 0 Å². The predicted molar refractivity (Wildman–Crippen MR) is 71.8 cm³/mol. The molecule has 100 valence electrons. The van der Waals surface area contributed by atoms with Crippen LogP contribution in [-0.2, 0) is 4.79 Å². The lowest BCUT2D eigenvalue weighted by Crippen LogP contribution is -2.44. The SMILES string of the molecule is N[C@@H]1C[C@@H]2CC(C(=O)NC3CCC=CCC3)C[C@@H]21. The number of allylic oxidation sites excluding steroid dienone is 2. The maximum absolute atomic E-state index is 12.3. The van der Waals surface area contributed by atoms with Crippen LogP contribution < -0.4 is 11.1 Å². The Morgan fingerprint density at radius 3 is 2.44 bits per heavy atom. The highest BCUT2D eigenvalue weighted by atomic mass is 16.1. The van der Waals surface area contributed by atoms with Crippen molar-refractivity contribution < 1.29 is 4.79 Å². The zero-order chi connectivity index (χ0) is 12.5. The minimum atomic E-state index is 0.241. The van der Waals surface area contributed by atoms with Gasteiger partial charge in [0.05, 0.1) is 0 Å². The van der Waals surface area contributed by atoms with Crippen LogP contribution in [0.4, 0.5) is 0 Å². The number of hydrogen-bond donors (Lipinski definition) is 2. The van der Waals surface area contributed by atoms with Crippen molar-refractivity contribution in [2.45, 2.75) is 57.0 Å². The number of nitrogens with two attached hydrogens (primary N) is 1. The van der Waals surface area contributed by atoms with Crippen LogP contribution in [0.15, 0.2) is 12.2 Å². The lowest BCUT2D eigenvalue weighted by Gasteiger charge is -2.37. The first kappa shape index (κ1) is 12.2. The molecule has 3 N–H and O–H groups in total. The van der Waals surface area contributed by atoms with Crippen LogP contribution in [-0.4, -0.2) is 18.0 Å². The summed E-state index contributed by atoms with van der Waals surface area (Å²) in [6.45, 7) is 0. The molecule has 0 spiro atoms. The molecular formula is C15H24N2O. The Bertz CT molecular complexity index is 342. The first-order valence-corrected chi connectivity index (χ1v) is 7.45. The van der Waals surface area contributed by atoms with Gasteiger partial charge in [-0.1, -0.05) is 12.2 Å². The summed E-state index contributed by atoms with van der Waals surface area (Å²) in [4.78, 5) is 12.3. The summed E-state index contributed by atoms with van der Waals surface area (Å²) in [6, 6.07) is 0.759. The fourth-order valence-corrected chi connectivity index (χ4v) is 3.93. The third-order valence-electron chi connectivity index (χ3n) is 5.12. The zero-order valence-electron chi connectivity index (χ0n) is 11.0. The van der Waals surface area contributed by atoms with Crippen LogP contribution in [0.5, 0.6) is 0 Å². The van der Waals surface area contributed by atoms with Gasteiger partial charge in [-0.15, -0.1) is 0 Å². The maximum atomic E-state index is 12.3. The number of carbonyl (C=O) groups is 1. The van der Waals surface area contributed by atoms with Gasteiger partial charge in [0, 0.05) is 18.0 Å². The topological polar surface area (TPSA) is 55.1 Å². The van der Waals surface area contributed by atoms with Crippen molar-refractivity contribution in [1.29, 1.82) is 0 Å². The second-order valence-electron chi connectivity index (χ2n) is 6.32. The third-order valence-corrected chi connectivity index (χ3v) is 5.12. The van der Waals surface area contributed by atoms with Crippen molar-refractivity contribution in [3.63, 3.8) is 0 Å². The molecular weight excluding hydrogens is 224 g/mol. The van der Waals surface area contributed by atoms with Crippen LogP contribution in [0.25, 0.3) is 0 Å². The molecule has 0 aromatic heterocycles. The molecule has 3 nitrogen and oxygen atoms in total. The number of nitrogens with one attached hydrogen (secondary N) is 1. The Morgan fingerprint density at radius 1 is 1.11 bits per heavy atom. The van der Waals surface area contributed by atoms with Crippen LogP contribution in [0, 0.1) is 17.8 Å². The van der Waals surface area contributed by atoms with E-state index in [1.807, 2.05) is 0 Å². The van der Waals surface area contributed by atoms with Gasteiger partial charge in [-0.3, -0.25) is 4.79 Å². The summed E-state index contributed by atoms with van der Waals surface area (Å²) in [6.07, 6.45) is 12.1. The molecule has 0 bridgehead atoms. The molecule has 4 atom stereocenters. The van der Waals surface area contributed by atoms with Gasteiger partial charge in [-0.05, 0) is 56.8 Å². The third kappa shape index (κ3) is 2.33. The standard InChI is InChI=1S/C15H24N2O/c16-14-9-10-7-11(8-13(10)14)15(18)17-12-5-3-1-2-4-6-12/h1-2,10-14H,3-9,16H2,(H,17,18)/t10-,11?,13-,14+/m0/s1. The molecule has 3 rings (SSSR count). The Hall–Kier alpha value is -0.830. The van der Waals surface area contributed by atoms with Gasteiger partial charge in [0.25, 0.3) is 0 Å². The fourth-order valence-electron chi connectivity index (χ4n) is 3.93. The molecule has 0 aromatic rings. The van der Waals surface area contributed by atoms with Crippen LogP contribution >= 0.6 is 0 Å². The lowest BCUT2D eigenvalue weighted by molar-refractivity contribution is -0.125. The van der Waals surface area contributed by atoms with E-state index in [2.05, 4.69) is 17.5 Å². The van der Waals surface area contributed by atoms with Crippen LogP contribution in [0.2, 0.25) is 0 Å². The van der Waals surface area contributed by atoms with Gasteiger partial charge < -0.3 is 11.1 Å². The molecule has 3 aliphatic rings. The number of rotatable bonds is 2. The van der Waals surface area contributed by atoms with Crippen molar-refractivity contribution in [2.75, 3.05) is 0 Å². The van der Waals surface area contributed by atoms with E-state index in [4.69, 9.17) is 5.73 Å². The van der Waals surface area contributed by atoms with Gasteiger partial charge in [0.1, 0.15) is 0 Å². The lowest BCUT2D eigenvalue weighted by atomic mass is 9.72. The number of carbonyl (C=O) groups excluding carboxylic acids is 1. The Labute approximate surface area is 109 Å². The summed E-state index contributed by atoms with van der Waals surface area (Å²) in [7, 11) is 0. The first-order valence-electron chi connectivity index (χ1n) is 7.45. The summed E-state index contributed by atoms with van der Waals surface area (Å²) >= 11 is 0. The van der Waals surface area contributed by atoms with E-state index < -0.39 is 0 Å². The summed E-state index contributed by atoms with van der Waals surface area (Å²) in [5.74, 6) is 1.91. The largest absolute Gasteiger partial charge is 0.353 e. The molecule has 1 amide bonds. The molecule has 0 aromatic carbocycles. The van der Waals surface area contributed by atoms with Crippen LogP contribution in [0.1, 0.15) is 44.9 Å². The van der Waals surface area contributed by atoms with Crippen molar-refractivity contribution in [2.24, 2.45) is 23.5 Å². The number of fused-ring (bicyclic) bond motifs is 1. The van der Waals surface area contributed by atoms with E-state index in [0.717, 1.165) is 50.9 Å². The normalized spacial score (nSPS) is 39.8. The smallest absolute Gasteiger partial charge is 0.223 e. The molecule has 2 fully saturated rings. The average Bonchev–Trinajstić information content (AvgIpc) is 2.52. The fraction of sp³-hybridized carbons (Fsp3) is 0.800. The van der Waals surface area contributed by atoms with Gasteiger partial charge in [0.2, 0.25) is 5.91 Å².